The molecule has 0 unspecified atom stereocenters. The van der Waals surface area contributed by atoms with Gasteiger partial charge in [-0.25, -0.2) is 0 Å². The maximum atomic E-state index is 5.84. The fourth-order valence-electron chi connectivity index (χ4n) is 4.55. The highest BCUT2D eigenvalue weighted by molar-refractivity contribution is 5.90. The molecule has 1 N–H and O–H groups in total. The second-order valence-corrected chi connectivity index (χ2v) is 6.66. The molecule has 2 aliphatic heterocycles. The van der Waals surface area contributed by atoms with E-state index in [1.165, 1.54) is 16.7 Å². The molecule has 0 aromatic heterocycles. The van der Waals surface area contributed by atoms with Gasteiger partial charge in [-0.15, -0.1) is 0 Å². The molecule has 1 aliphatic carbocycles. The maximum Gasteiger partial charge on any atom is 0.231 e. The summed E-state index contributed by atoms with van der Waals surface area (Å²) in [5, 5.41) is 3.64. The first kappa shape index (κ1) is 15.6. The number of benzene rings is 2. The number of hydrogen-bond donors (Lipinski definition) is 1. The van der Waals surface area contributed by atoms with E-state index in [1.807, 2.05) is 6.07 Å². The Morgan fingerprint density at radius 3 is 2.54 bits per heavy atom. The fourth-order valence-corrected chi connectivity index (χ4v) is 4.55. The normalized spacial score (nSPS) is 18.8. The second kappa shape index (κ2) is 5.71. The predicted octanol–water partition coefficient (Wildman–Crippen LogP) is 2.85. The van der Waals surface area contributed by atoms with Crippen LogP contribution in [0.4, 0.5) is 0 Å². The van der Waals surface area contributed by atoms with E-state index in [2.05, 4.69) is 11.4 Å². The summed E-state index contributed by atoms with van der Waals surface area (Å²) >= 11 is 0. The molecule has 0 bridgehead atoms. The van der Waals surface area contributed by atoms with Crippen molar-refractivity contribution in [2.75, 3.05) is 34.7 Å². The van der Waals surface area contributed by atoms with Crippen LogP contribution in [-0.2, 0) is 12.8 Å². The molecule has 2 aromatic carbocycles. The van der Waals surface area contributed by atoms with Crippen LogP contribution in [0.1, 0.15) is 22.7 Å². The van der Waals surface area contributed by atoms with Gasteiger partial charge in [-0.2, -0.15) is 0 Å². The van der Waals surface area contributed by atoms with E-state index in [-0.39, 0.29) is 12.8 Å². The van der Waals surface area contributed by atoms with E-state index in [0.717, 1.165) is 47.8 Å². The Balaban J connectivity index is 1.92. The van der Waals surface area contributed by atoms with Crippen LogP contribution in [0, 0.1) is 0 Å². The molecule has 5 rings (SSSR count). The van der Waals surface area contributed by atoms with Crippen molar-refractivity contribution in [1.82, 2.24) is 5.32 Å². The number of rotatable bonds is 3. The summed E-state index contributed by atoms with van der Waals surface area (Å²) < 4.78 is 28.8. The van der Waals surface area contributed by atoms with Crippen LogP contribution in [-0.4, -0.2) is 34.7 Å². The quantitative estimate of drug-likeness (QED) is 0.914. The fraction of sp³-hybridized carbons (Fsp3) is 0.400. The first-order chi connectivity index (χ1) is 12.8. The van der Waals surface area contributed by atoms with Gasteiger partial charge in [0.15, 0.2) is 23.0 Å². The standard InChI is InChI=1S/C20H21NO5/c1-22-17-11-6-7-21-12-8-10-4-5-13-18(26-9-25-13)14(10)16(15(11)12)19(23-2)20(17)24-3/h4-5,12,21H,6-9H2,1-3H3/t12-/m1/s1. The maximum absolute atomic E-state index is 5.84. The molecular formula is C20H21NO5. The van der Waals surface area contributed by atoms with Gasteiger partial charge in [0.25, 0.3) is 0 Å². The van der Waals surface area contributed by atoms with E-state index >= 15 is 0 Å². The van der Waals surface area contributed by atoms with Crippen molar-refractivity contribution in [3.8, 4) is 39.9 Å². The Morgan fingerprint density at radius 2 is 1.77 bits per heavy atom. The van der Waals surface area contributed by atoms with Crippen LogP contribution in [0.2, 0.25) is 0 Å². The minimum Gasteiger partial charge on any atom is -0.492 e. The van der Waals surface area contributed by atoms with Crippen LogP contribution < -0.4 is 29.0 Å². The zero-order valence-electron chi connectivity index (χ0n) is 15.1. The summed E-state index contributed by atoms with van der Waals surface area (Å²) in [4.78, 5) is 0. The van der Waals surface area contributed by atoms with Gasteiger partial charge in [-0.1, -0.05) is 6.07 Å². The van der Waals surface area contributed by atoms with E-state index in [9.17, 15) is 0 Å². The van der Waals surface area contributed by atoms with E-state index in [0.29, 0.717) is 11.5 Å². The molecule has 0 radical (unpaired) electrons. The van der Waals surface area contributed by atoms with Crippen LogP contribution in [0.3, 0.4) is 0 Å². The monoisotopic (exact) mass is 355 g/mol. The van der Waals surface area contributed by atoms with E-state index in [4.69, 9.17) is 23.7 Å². The van der Waals surface area contributed by atoms with Gasteiger partial charge in [-0.3, -0.25) is 0 Å². The number of fused-ring (bicyclic) bond motifs is 4. The second-order valence-electron chi connectivity index (χ2n) is 6.66. The van der Waals surface area contributed by atoms with Crippen molar-refractivity contribution < 1.29 is 23.7 Å². The molecule has 0 saturated heterocycles. The van der Waals surface area contributed by atoms with Gasteiger partial charge < -0.3 is 29.0 Å². The van der Waals surface area contributed by atoms with Crippen LogP contribution in [0.15, 0.2) is 12.1 Å². The molecule has 1 atom stereocenters. The summed E-state index contributed by atoms with van der Waals surface area (Å²) in [6.07, 6.45) is 1.77. The molecule has 0 fully saturated rings. The highest BCUT2D eigenvalue weighted by Crippen LogP contribution is 2.58. The molecular weight excluding hydrogens is 334 g/mol. The van der Waals surface area contributed by atoms with Gasteiger partial charge in [0.05, 0.1) is 21.3 Å². The number of ether oxygens (including phenoxy) is 5. The number of hydrogen-bond acceptors (Lipinski definition) is 6. The molecule has 3 aliphatic rings. The zero-order chi connectivity index (χ0) is 17.8. The minimum absolute atomic E-state index is 0.218. The average molecular weight is 355 g/mol. The third-order valence-electron chi connectivity index (χ3n) is 5.53. The lowest BCUT2D eigenvalue weighted by Crippen LogP contribution is -2.34. The first-order valence-corrected chi connectivity index (χ1v) is 8.78. The Labute approximate surface area is 152 Å². The van der Waals surface area contributed by atoms with Gasteiger partial charge in [0.1, 0.15) is 0 Å². The van der Waals surface area contributed by atoms with Crippen molar-refractivity contribution in [3.63, 3.8) is 0 Å². The Hall–Kier alpha value is -2.60. The summed E-state index contributed by atoms with van der Waals surface area (Å²) in [6.45, 7) is 1.15. The number of nitrogens with one attached hydrogen (secondary N) is 1. The summed E-state index contributed by atoms with van der Waals surface area (Å²) in [5.74, 6) is 3.65. The molecule has 0 spiro atoms. The van der Waals surface area contributed by atoms with E-state index < -0.39 is 0 Å². The Morgan fingerprint density at radius 1 is 0.962 bits per heavy atom. The molecule has 0 amide bonds. The molecule has 6 heteroatoms. The Kier molecular flexibility index (Phi) is 3.43. The molecule has 0 saturated carbocycles. The lowest BCUT2D eigenvalue weighted by molar-refractivity contribution is 0.174. The van der Waals surface area contributed by atoms with E-state index in [1.54, 1.807) is 21.3 Å². The lowest BCUT2D eigenvalue weighted by atomic mass is 9.76. The van der Waals surface area contributed by atoms with Crippen molar-refractivity contribution in [3.05, 3.63) is 28.8 Å². The third kappa shape index (κ3) is 1.90. The van der Waals surface area contributed by atoms with Gasteiger partial charge in [0, 0.05) is 22.7 Å². The summed E-state index contributed by atoms with van der Waals surface area (Å²) in [5.41, 5.74) is 5.71. The third-order valence-corrected chi connectivity index (χ3v) is 5.53. The van der Waals surface area contributed by atoms with Crippen molar-refractivity contribution >= 4 is 0 Å². The molecule has 136 valence electrons. The smallest absolute Gasteiger partial charge is 0.231 e. The van der Waals surface area contributed by atoms with Gasteiger partial charge >= 0.3 is 0 Å². The van der Waals surface area contributed by atoms with Gasteiger partial charge in [-0.05, 0) is 36.6 Å². The van der Waals surface area contributed by atoms with Crippen molar-refractivity contribution in [2.45, 2.75) is 18.9 Å². The van der Waals surface area contributed by atoms with Crippen LogP contribution in [0.5, 0.6) is 28.7 Å². The van der Waals surface area contributed by atoms with Crippen molar-refractivity contribution in [2.24, 2.45) is 0 Å². The highest BCUT2D eigenvalue weighted by Gasteiger charge is 2.39. The zero-order valence-corrected chi connectivity index (χ0v) is 15.1. The lowest BCUT2D eigenvalue weighted by Gasteiger charge is -2.37. The van der Waals surface area contributed by atoms with Gasteiger partial charge in [0.2, 0.25) is 12.5 Å². The molecule has 6 nitrogen and oxygen atoms in total. The predicted molar refractivity (Wildman–Crippen MR) is 95.8 cm³/mol. The topological polar surface area (TPSA) is 58.2 Å². The van der Waals surface area contributed by atoms with Crippen LogP contribution in [0.25, 0.3) is 11.1 Å². The molecule has 26 heavy (non-hydrogen) atoms. The Bertz CT molecular complexity index is 908. The minimum atomic E-state index is 0.218. The van der Waals surface area contributed by atoms with Crippen LogP contribution >= 0.6 is 0 Å². The summed E-state index contributed by atoms with van der Waals surface area (Å²) in [6, 6.07) is 4.33. The molecule has 2 aromatic rings. The van der Waals surface area contributed by atoms with Crippen molar-refractivity contribution in [1.29, 1.82) is 0 Å². The first-order valence-electron chi connectivity index (χ1n) is 8.78. The number of methoxy groups -OCH3 is 3. The highest BCUT2D eigenvalue weighted by atomic mass is 16.7. The average Bonchev–Trinajstić information content (AvgIpc) is 3.16. The summed E-state index contributed by atoms with van der Waals surface area (Å²) in [7, 11) is 5.00. The SMILES string of the molecule is COc1c2c3c(c(OC)c1OC)-c1c(ccc4c1OCO4)C[C@H]3NCC2. The largest absolute Gasteiger partial charge is 0.492 e. The molecule has 2 heterocycles.